The maximum Gasteiger partial charge on any atom is 0.417 e. The second-order valence-corrected chi connectivity index (χ2v) is 9.73. The van der Waals surface area contributed by atoms with Crippen molar-refractivity contribution in [2.45, 2.75) is 38.3 Å². The summed E-state index contributed by atoms with van der Waals surface area (Å²) >= 11 is 5.76. The number of thiocarbonyl (C=S) groups is 1. The van der Waals surface area contributed by atoms with Gasteiger partial charge in [0.25, 0.3) is 11.8 Å². The van der Waals surface area contributed by atoms with Crippen LogP contribution in [0, 0.1) is 5.41 Å². The monoisotopic (exact) mass is 476 g/mol. The molecule has 1 spiro atoms. The second-order valence-electron chi connectivity index (χ2n) is 9.33. The van der Waals surface area contributed by atoms with E-state index in [1.807, 2.05) is 48.5 Å². The first-order valence-corrected chi connectivity index (χ1v) is 11.4. The Morgan fingerprint density at radius 3 is 2.29 bits per heavy atom. The molecular weight excluding hydrogens is 452 g/mol. The van der Waals surface area contributed by atoms with Crippen molar-refractivity contribution in [1.29, 1.82) is 0 Å². The van der Waals surface area contributed by atoms with Crippen LogP contribution in [0.1, 0.15) is 32.3 Å². The third-order valence-corrected chi connectivity index (χ3v) is 7.22. The molecule has 34 heavy (non-hydrogen) atoms. The minimum absolute atomic E-state index is 0.0943. The zero-order chi connectivity index (χ0) is 24.3. The number of hydrogen-bond acceptors (Lipinski definition) is 6. The van der Waals surface area contributed by atoms with E-state index in [4.69, 9.17) is 17.0 Å². The molecule has 2 aromatic carbocycles. The summed E-state index contributed by atoms with van der Waals surface area (Å²) in [6, 6.07) is 17.4. The maximum atomic E-state index is 14.1. The van der Waals surface area contributed by atoms with Crippen LogP contribution in [0.3, 0.4) is 0 Å². The zero-order valence-corrected chi connectivity index (χ0v) is 19.8. The topological polar surface area (TPSA) is 91.3 Å². The molecule has 0 aliphatic carbocycles. The number of hydrazone groups is 1. The van der Waals surface area contributed by atoms with Gasteiger partial charge in [-0.05, 0) is 38.5 Å². The molecule has 8 nitrogen and oxygen atoms in total. The van der Waals surface area contributed by atoms with Gasteiger partial charge in [-0.2, -0.15) is 10.1 Å². The number of nitrogens with one attached hydrogen (secondary N) is 1. The number of hydrogen-bond donors (Lipinski definition) is 1. The zero-order valence-electron chi connectivity index (χ0n) is 19.0. The van der Waals surface area contributed by atoms with Crippen molar-refractivity contribution in [3.05, 3.63) is 66.2 Å². The van der Waals surface area contributed by atoms with Crippen LogP contribution in [0.15, 0.2) is 65.8 Å². The van der Waals surface area contributed by atoms with Gasteiger partial charge in [0.05, 0.1) is 21.9 Å². The van der Waals surface area contributed by atoms with Crippen LogP contribution in [0.25, 0.3) is 0 Å². The Labute approximate surface area is 202 Å². The lowest BCUT2D eigenvalue weighted by Crippen LogP contribution is -2.54. The molecule has 0 bridgehead atoms. The van der Waals surface area contributed by atoms with E-state index in [9.17, 15) is 14.4 Å². The molecule has 3 aliphatic rings. The number of anilines is 1. The standard InChI is InChI=1S/C25H24N4O4S/c1-15-25(22(31)29(27-15)17-12-8-5-9-13-17)18(16-10-6-4-7-11-16)19(26-21(25)34)20(30)28-23(32)33-14-24(28,2)3/h4-13,18-19H,14H2,1-3H3,(H,26,34)/t18-,19-,25+/m0/s1. The fourth-order valence-corrected chi connectivity index (χ4v) is 5.63. The van der Waals surface area contributed by atoms with Crippen LogP contribution in [0.5, 0.6) is 0 Å². The Morgan fingerprint density at radius 2 is 1.71 bits per heavy atom. The fourth-order valence-electron chi connectivity index (χ4n) is 5.14. The molecule has 0 aromatic heterocycles. The summed E-state index contributed by atoms with van der Waals surface area (Å²) in [7, 11) is 0. The molecule has 0 saturated carbocycles. The van der Waals surface area contributed by atoms with E-state index in [1.54, 1.807) is 32.9 Å². The average molecular weight is 477 g/mol. The van der Waals surface area contributed by atoms with E-state index >= 15 is 0 Å². The normalized spacial score (nSPS) is 27.7. The Bertz CT molecular complexity index is 1230. The van der Waals surface area contributed by atoms with E-state index in [-0.39, 0.29) is 17.5 Å². The van der Waals surface area contributed by atoms with E-state index < -0.39 is 34.9 Å². The van der Waals surface area contributed by atoms with Gasteiger partial charge in [0.15, 0.2) is 5.41 Å². The quantitative estimate of drug-likeness (QED) is 0.684. The third kappa shape index (κ3) is 3.00. The van der Waals surface area contributed by atoms with Gasteiger partial charge in [0, 0.05) is 5.92 Å². The van der Waals surface area contributed by atoms with Gasteiger partial charge < -0.3 is 10.1 Å². The fraction of sp³-hybridized carbons (Fsp3) is 0.320. The van der Waals surface area contributed by atoms with E-state index in [0.29, 0.717) is 11.4 Å². The van der Waals surface area contributed by atoms with Gasteiger partial charge in [-0.15, -0.1) is 0 Å². The summed E-state index contributed by atoms with van der Waals surface area (Å²) in [4.78, 5) is 41.8. The van der Waals surface area contributed by atoms with Gasteiger partial charge in [-0.25, -0.2) is 9.69 Å². The largest absolute Gasteiger partial charge is 0.447 e. The van der Waals surface area contributed by atoms with Crippen molar-refractivity contribution >= 4 is 46.5 Å². The van der Waals surface area contributed by atoms with Gasteiger partial charge in [-0.1, -0.05) is 60.7 Å². The van der Waals surface area contributed by atoms with Crippen molar-refractivity contribution in [2.75, 3.05) is 11.6 Å². The molecule has 9 heteroatoms. The Balaban J connectivity index is 1.64. The third-order valence-electron chi connectivity index (χ3n) is 6.78. The number of nitrogens with zero attached hydrogens (tertiary/aromatic N) is 3. The van der Waals surface area contributed by atoms with E-state index in [2.05, 4.69) is 10.4 Å². The highest BCUT2D eigenvalue weighted by Gasteiger charge is 2.67. The Hall–Kier alpha value is -3.59. The van der Waals surface area contributed by atoms with E-state index in [1.165, 1.54) is 5.01 Å². The highest BCUT2D eigenvalue weighted by Crippen LogP contribution is 2.51. The number of amides is 3. The first-order chi connectivity index (χ1) is 16.2. The predicted octanol–water partition coefficient (Wildman–Crippen LogP) is 3.24. The minimum Gasteiger partial charge on any atom is -0.447 e. The number of benzene rings is 2. The molecule has 174 valence electrons. The van der Waals surface area contributed by atoms with E-state index in [0.717, 1.165) is 10.5 Å². The average Bonchev–Trinajstić information content (AvgIpc) is 3.39. The summed E-state index contributed by atoms with van der Waals surface area (Å²) in [5.41, 5.74) is -0.339. The van der Waals surface area contributed by atoms with Crippen LogP contribution in [-0.4, -0.2) is 51.7 Å². The number of carbonyl (C=O) groups is 3. The Kier molecular flexibility index (Phi) is 5.05. The van der Waals surface area contributed by atoms with Gasteiger partial charge in [0.2, 0.25) is 0 Å². The van der Waals surface area contributed by atoms with Gasteiger partial charge in [-0.3, -0.25) is 9.59 Å². The smallest absolute Gasteiger partial charge is 0.417 e. The Morgan fingerprint density at radius 1 is 1.09 bits per heavy atom. The molecular formula is C25H24N4O4S. The van der Waals surface area contributed by atoms with Crippen molar-refractivity contribution in [3.63, 3.8) is 0 Å². The van der Waals surface area contributed by atoms with Crippen LogP contribution >= 0.6 is 12.2 Å². The molecule has 0 unspecified atom stereocenters. The van der Waals surface area contributed by atoms with Crippen molar-refractivity contribution in [2.24, 2.45) is 10.5 Å². The molecule has 3 atom stereocenters. The summed E-state index contributed by atoms with van der Waals surface area (Å²) in [5.74, 6) is -1.52. The van der Waals surface area contributed by atoms with Crippen LogP contribution in [-0.2, 0) is 14.3 Å². The number of para-hydroxylation sites is 1. The molecule has 3 amide bonds. The van der Waals surface area contributed by atoms with Crippen LogP contribution in [0.2, 0.25) is 0 Å². The molecule has 0 radical (unpaired) electrons. The first-order valence-electron chi connectivity index (χ1n) is 11.0. The molecule has 5 rings (SSSR count). The lowest BCUT2D eigenvalue weighted by atomic mass is 9.68. The summed E-state index contributed by atoms with van der Waals surface area (Å²) in [5, 5.41) is 9.05. The maximum absolute atomic E-state index is 14.1. The SMILES string of the molecule is CC1=NN(c2ccccc2)C(=O)[C@]12C(=S)N[C@H](C(=O)N1C(=O)OCC1(C)C)[C@@H]2c1ccccc1. The number of ether oxygens (including phenoxy) is 1. The summed E-state index contributed by atoms with van der Waals surface area (Å²) in [6.45, 7) is 5.38. The number of rotatable bonds is 3. The van der Waals surface area contributed by atoms with Crippen LogP contribution < -0.4 is 10.3 Å². The summed E-state index contributed by atoms with van der Waals surface area (Å²) in [6.07, 6.45) is -0.704. The highest BCUT2D eigenvalue weighted by atomic mass is 32.1. The lowest BCUT2D eigenvalue weighted by Gasteiger charge is -2.33. The first kappa shape index (κ1) is 22.2. The van der Waals surface area contributed by atoms with Crippen molar-refractivity contribution in [3.8, 4) is 0 Å². The van der Waals surface area contributed by atoms with Crippen molar-refractivity contribution < 1.29 is 19.1 Å². The van der Waals surface area contributed by atoms with Crippen LogP contribution in [0.4, 0.5) is 10.5 Å². The highest BCUT2D eigenvalue weighted by molar-refractivity contribution is 7.80. The number of imide groups is 1. The molecule has 3 heterocycles. The second kappa shape index (κ2) is 7.73. The summed E-state index contributed by atoms with van der Waals surface area (Å²) < 4.78 is 5.17. The minimum atomic E-state index is -1.36. The lowest BCUT2D eigenvalue weighted by molar-refractivity contribution is -0.133. The molecule has 3 aliphatic heterocycles. The number of carbonyl (C=O) groups excluding carboxylic acids is 3. The molecule has 2 fully saturated rings. The molecule has 1 N–H and O–H groups in total. The molecule has 2 aromatic rings. The number of cyclic esters (lactones) is 1. The van der Waals surface area contributed by atoms with Gasteiger partial charge in [0.1, 0.15) is 12.6 Å². The molecule has 2 saturated heterocycles. The van der Waals surface area contributed by atoms with Gasteiger partial charge >= 0.3 is 6.09 Å². The predicted molar refractivity (Wildman–Crippen MR) is 130 cm³/mol. The van der Waals surface area contributed by atoms with Crippen molar-refractivity contribution in [1.82, 2.24) is 10.2 Å².